The highest BCUT2D eigenvalue weighted by Crippen LogP contribution is 2.24. The molecule has 1 aromatic carbocycles. The lowest BCUT2D eigenvalue weighted by Crippen LogP contribution is -2.23. The number of nitrogens with zero attached hydrogens (tertiary/aromatic N) is 1. The Bertz CT molecular complexity index is 564. The van der Waals surface area contributed by atoms with Crippen molar-refractivity contribution in [2.24, 2.45) is 0 Å². The molecule has 1 N–H and O–H groups in total. The quantitative estimate of drug-likeness (QED) is 0.899. The predicted octanol–water partition coefficient (Wildman–Crippen LogP) is 3.76. The van der Waals surface area contributed by atoms with Gasteiger partial charge in [0.2, 0.25) is 0 Å². The molecular weight excluding hydrogens is 258 g/mol. The maximum atomic E-state index is 13.4. The molecule has 0 fully saturated rings. The molecule has 0 amide bonds. The summed E-state index contributed by atoms with van der Waals surface area (Å²) in [6.45, 7) is 4.75. The Hall–Kier alpha value is -1.81. The van der Waals surface area contributed by atoms with Crippen LogP contribution in [0.2, 0.25) is 0 Å². The van der Waals surface area contributed by atoms with E-state index >= 15 is 0 Å². The second-order valence-corrected chi connectivity index (χ2v) is 4.89. The van der Waals surface area contributed by atoms with Gasteiger partial charge in [-0.15, -0.1) is 0 Å². The average molecular weight is 276 g/mol. The molecule has 0 aliphatic carbocycles. The first-order chi connectivity index (χ1) is 9.60. The van der Waals surface area contributed by atoms with E-state index in [1.54, 1.807) is 12.4 Å². The zero-order valence-electron chi connectivity index (χ0n) is 11.7. The van der Waals surface area contributed by atoms with Gasteiger partial charge in [-0.05, 0) is 48.7 Å². The van der Waals surface area contributed by atoms with E-state index < -0.39 is 11.6 Å². The molecule has 1 aromatic heterocycles. The number of hydrogen-bond acceptors (Lipinski definition) is 2. The molecule has 1 unspecified atom stereocenters. The fraction of sp³-hybridized carbons (Fsp3) is 0.312. The van der Waals surface area contributed by atoms with Gasteiger partial charge in [0.1, 0.15) is 11.6 Å². The predicted molar refractivity (Wildman–Crippen MR) is 75.5 cm³/mol. The highest BCUT2D eigenvalue weighted by molar-refractivity contribution is 5.32. The number of pyridine rings is 1. The molecule has 0 bridgehead atoms. The van der Waals surface area contributed by atoms with Gasteiger partial charge in [-0.2, -0.15) is 0 Å². The Balaban J connectivity index is 2.41. The lowest BCUT2D eigenvalue weighted by molar-refractivity contribution is 0.558. The molecule has 106 valence electrons. The van der Waals surface area contributed by atoms with Gasteiger partial charge in [0.05, 0.1) is 6.04 Å². The van der Waals surface area contributed by atoms with Crippen molar-refractivity contribution < 1.29 is 8.78 Å². The first-order valence-electron chi connectivity index (χ1n) is 6.71. The average Bonchev–Trinajstić information content (AvgIpc) is 2.38. The Morgan fingerprint density at radius 3 is 2.35 bits per heavy atom. The van der Waals surface area contributed by atoms with Gasteiger partial charge in [-0.25, -0.2) is 8.78 Å². The van der Waals surface area contributed by atoms with Gasteiger partial charge >= 0.3 is 0 Å². The number of aryl methyl sites for hydroxylation is 1. The highest BCUT2D eigenvalue weighted by Gasteiger charge is 2.15. The van der Waals surface area contributed by atoms with E-state index in [0.29, 0.717) is 5.56 Å². The standard InChI is InChI=1S/C16H18F2N2/c1-3-4-20-16(13-5-11(2)9-19-10-13)12-6-14(17)8-15(18)7-12/h5-10,16,20H,3-4H2,1-2H3. The van der Waals surface area contributed by atoms with Crippen LogP contribution in [-0.4, -0.2) is 11.5 Å². The molecular formula is C16H18F2N2. The van der Waals surface area contributed by atoms with Crippen molar-refractivity contribution in [3.63, 3.8) is 0 Å². The number of halogens is 2. The summed E-state index contributed by atoms with van der Waals surface area (Å²) >= 11 is 0. The molecule has 0 radical (unpaired) electrons. The van der Waals surface area contributed by atoms with E-state index in [-0.39, 0.29) is 6.04 Å². The maximum Gasteiger partial charge on any atom is 0.126 e. The van der Waals surface area contributed by atoms with Crippen molar-refractivity contribution in [3.05, 3.63) is 65.0 Å². The van der Waals surface area contributed by atoms with E-state index in [0.717, 1.165) is 30.2 Å². The van der Waals surface area contributed by atoms with Crippen LogP contribution >= 0.6 is 0 Å². The third-order valence-corrected chi connectivity index (χ3v) is 3.05. The fourth-order valence-corrected chi connectivity index (χ4v) is 2.19. The Morgan fingerprint density at radius 1 is 1.05 bits per heavy atom. The summed E-state index contributed by atoms with van der Waals surface area (Å²) < 4.78 is 26.8. The molecule has 0 saturated heterocycles. The van der Waals surface area contributed by atoms with Crippen molar-refractivity contribution in [2.45, 2.75) is 26.3 Å². The van der Waals surface area contributed by atoms with Crippen LogP contribution in [0.3, 0.4) is 0 Å². The lowest BCUT2D eigenvalue weighted by Gasteiger charge is -2.20. The SMILES string of the molecule is CCCNC(c1cncc(C)c1)c1cc(F)cc(F)c1. The molecule has 0 saturated carbocycles. The number of benzene rings is 1. The van der Waals surface area contributed by atoms with Crippen molar-refractivity contribution in [2.75, 3.05) is 6.54 Å². The highest BCUT2D eigenvalue weighted by atomic mass is 19.1. The van der Waals surface area contributed by atoms with Gasteiger partial charge in [0.15, 0.2) is 0 Å². The molecule has 1 heterocycles. The fourth-order valence-electron chi connectivity index (χ4n) is 2.19. The van der Waals surface area contributed by atoms with Crippen LogP contribution in [0.25, 0.3) is 0 Å². The summed E-state index contributed by atoms with van der Waals surface area (Å²) in [6.07, 6.45) is 4.42. The number of hydrogen-bond donors (Lipinski definition) is 1. The molecule has 1 atom stereocenters. The molecule has 2 rings (SSSR count). The van der Waals surface area contributed by atoms with Crippen LogP contribution in [0.1, 0.15) is 36.1 Å². The minimum absolute atomic E-state index is 0.257. The van der Waals surface area contributed by atoms with Crippen LogP contribution in [0.4, 0.5) is 8.78 Å². The van der Waals surface area contributed by atoms with Crippen molar-refractivity contribution in [1.29, 1.82) is 0 Å². The van der Waals surface area contributed by atoms with E-state index in [4.69, 9.17) is 0 Å². The molecule has 0 aliphatic rings. The zero-order valence-corrected chi connectivity index (χ0v) is 11.7. The van der Waals surface area contributed by atoms with Gasteiger partial charge in [-0.3, -0.25) is 4.98 Å². The van der Waals surface area contributed by atoms with Crippen LogP contribution in [-0.2, 0) is 0 Å². The number of rotatable bonds is 5. The van der Waals surface area contributed by atoms with Crippen LogP contribution in [0, 0.1) is 18.6 Å². The summed E-state index contributed by atoms with van der Waals surface area (Å²) in [6, 6.07) is 5.32. The van der Waals surface area contributed by atoms with E-state index in [1.165, 1.54) is 12.1 Å². The van der Waals surface area contributed by atoms with E-state index in [2.05, 4.69) is 10.3 Å². The largest absolute Gasteiger partial charge is 0.306 e. The van der Waals surface area contributed by atoms with E-state index in [1.807, 2.05) is 19.9 Å². The number of nitrogens with one attached hydrogen (secondary N) is 1. The van der Waals surface area contributed by atoms with Crippen molar-refractivity contribution in [3.8, 4) is 0 Å². The normalized spacial score (nSPS) is 12.4. The van der Waals surface area contributed by atoms with Gasteiger partial charge < -0.3 is 5.32 Å². The van der Waals surface area contributed by atoms with Crippen LogP contribution in [0.5, 0.6) is 0 Å². The van der Waals surface area contributed by atoms with Gasteiger partial charge in [0.25, 0.3) is 0 Å². The van der Waals surface area contributed by atoms with Crippen molar-refractivity contribution >= 4 is 0 Å². The second kappa shape index (κ2) is 6.57. The summed E-state index contributed by atoms with van der Waals surface area (Å²) in [5.74, 6) is -1.13. The zero-order chi connectivity index (χ0) is 14.5. The topological polar surface area (TPSA) is 24.9 Å². The second-order valence-electron chi connectivity index (χ2n) is 4.89. The summed E-state index contributed by atoms with van der Waals surface area (Å²) in [4.78, 5) is 4.16. The summed E-state index contributed by atoms with van der Waals surface area (Å²) in [5, 5.41) is 3.31. The van der Waals surface area contributed by atoms with Gasteiger partial charge in [0, 0.05) is 18.5 Å². The Morgan fingerprint density at radius 2 is 1.75 bits per heavy atom. The van der Waals surface area contributed by atoms with Crippen molar-refractivity contribution in [1.82, 2.24) is 10.3 Å². The van der Waals surface area contributed by atoms with Crippen LogP contribution in [0.15, 0.2) is 36.7 Å². The molecule has 2 nitrogen and oxygen atoms in total. The third kappa shape index (κ3) is 3.61. The maximum absolute atomic E-state index is 13.4. The van der Waals surface area contributed by atoms with Crippen LogP contribution < -0.4 is 5.32 Å². The molecule has 2 aromatic rings. The smallest absolute Gasteiger partial charge is 0.126 e. The molecule has 0 aliphatic heterocycles. The monoisotopic (exact) mass is 276 g/mol. The Kier molecular flexibility index (Phi) is 4.79. The molecule has 20 heavy (non-hydrogen) atoms. The first-order valence-corrected chi connectivity index (χ1v) is 6.71. The number of aromatic nitrogens is 1. The summed E-state index contributed by atoms with van der Waals surface area (Å²) in [5.41, 5.74) is 2.49. The van der Waals surface area contributed by atoms with Gasteiger partial charge in [-0.1, -0.05) is 13.0 Å². The lowest BCUT2D eigenvalue weighted by atomic mass is 9.98. The third-order valence-electron chi connectivity index (χ3n) is 3.05. The first kappa shape index (κ1) is 14.6. The molecule has 0 spiro atoms. The minimum atomic E-state index is -0.566. The minimum Gasteiger partial charge on any atom is -0.306 e. The molecule has 4 heteroatoms. The Labute approximate surface area is 117 Å². The van der Waals surface area contributed by atoms with E-state index in [9.17, 15) is 8.78 Å². The summed E-state index contributed by atoms with van der Waals surface area (Å²) in [7, 11) is 0.